The first kappa shape index (κ1) is 9.48. The Morgan fingerprint density at radius 2 is 2.50 bits per heavy atom. The molecule has 0 saturated heterocycles. The quantitative estimate of drug-likeness (QED) is 0.781. The zero-order chi connectivity index (χ0) is 9.19. The number of hydrogen-bond donors (Lipinski definition) is 1. The van der Waals surface area contributed by atoms with E-state index in [-0.39, 0.29) is 13.1 Å². The summed E-state index contributed by atoms with van der Waals surface area (Å²) in [6, 6.07) is 0. The first-order valence-corrected chi connectivity index (χ1v) is 3.98. The van der Waals surface area contributed by atoms with E-state index < -0.39 is 5.67 Å². The average Bonchev–Trinajstić information content (AvgIpc) is 2.35. The molecule has 1 heterocycles. The third kappa shape index (κ3) is 2.46. The van der Waals surface area contributed by atoms with Crippen molar-refractivity contribution in [1.29, 1.82) is 0 Å². The van der Waals surface area contributed by atoms with Crippen molar-refractivity contribution >= 4 is 11.6 Å². The number of hydrogen-bond acceptors (Lipinski definition) is 2. The number of rotatable bonds is 3. The molecule has 1 aromatic rings. The van der Waals surface area contributed by atoms with Gasteiger partial charge in [0.05, 0.1) is 17.8 Å². The molecule has 1 atom stereocenters. The molecule has 1 aromatic heterocycles. The molecule has 0 aliphatic carbocycles. The van der Waals surface area contributed by atoms with Gasteiger partial charge in [-0.3, -0.25) is 4.68 Å². The van der Waals surface area contributed by atoms with Gasteiger partial charge in [-0.05, 0) is 6.92 Å². The first-order valence-electron chi connectivity index (χ1n) is 3.60. The molecule has 0 fully saturated rings. The molecular weight excluding hydrogens is 181 g/mol. The van der Waals surface area contributed by atoms with Crippen LogP contribution in [0.1, 0.15) is 6.92 Å². The lowest BCUT2D eigenvalue weighted by Gasteiger charge is -2.17. The van der Waals surface area contributed by atoms with Gasteiger partial charge in [0, 0.05) is 12.7 Å². The molecule has 2 N–H and O–H groups in total. The lowest BCUT2D eigenvalue weighted by Crippen LogP contribution is -2.34. The van der Waals surface area contributed by atoms with Crippen LogP contribution in [0, 0.1) is 0 Å². The van der Waals surface area contributed by atoms with Gasteiger partial charge in [0.1, 0.15) is 5.67 Å². The van der Waals surface area contributed by atoms with Crippen LogP contribution >= 0.6 is 11.6 Å². The lowest BCUT2D eigenvalue weighted by molar-refractivity contribution is 0.164. The minimum absolute atomic E-state index is 0.0233. The number of aromatic nitrogens is 2. The molecule has 0 aliphatic heterocycles. The largest absolute Gasteiger partial charge is 0.327 e. The Morgan fingerprint density at radius 3 is 2.92 bits per heavy atom. The standard InChI is InChI=1S/C7H11ClFN3/c1-7(9,4-10)5-12-3-6(8)2-11-12/h2-3H,4-5,10H2,1H3. The highest BCUT2D eigenvalue weighted by molar-refractivity contribution is 6.30. The Bertz CT molecular complexity index is 259. The highest BCUT2D eigenvalue weighted by atomic mass is 35.5. The highest BCUT2D eigenvalue weighted by Crippen LogP contribution is 2.12. The van der Waals surface area contributed by atoms with E-state index in [0.29, 0.717) is 5.02 Å². The van der Waals surface area contributed by atoms with Crippen molar-refractivity contribution in [2.24, 2.45) is 5.73 Å². The smallest absolute Gasteiger partial charge is 0.139 e. The average molecular weight is 192 g/mol. The van der Waals surface area contributed by atoms with Crippen LogP contribution in [0.3, 0.4) is 0 Å². The van der Waals surface area contributed by atoms with Gasteiger partial charge < -0.3 is 5.73 Å². The summed E-state index contributed by atoms with van der Waals surface area (Å²) in [5, 5.41) is 4.34. The number of halogens is 2. The molecule has 0 aromatic carbocycles. The van der Waals surface area contributed by atoms with Gasteiger partial charge in [-0.2, -0.15) is 5.10 Å². The maximum Gasteiger partial charge on any atom is 0.139 e. The van der Waals surface area contributed by atoms with E-state index in [1.807, 2.05) is 0 Å². The second-order valence-electron chi connectivity index (χ2n) is 2.97. The Labute approximate surface area is 75.3 Å². The summed E-state index contributed by atoms with van der Waals surface area (Å²) in [6.07, 6.45) is 3.03. The molecule has 1 rings (SSSR count). The van der Waals surface area contributed by atoms with Gasteiger partial charge in [0.15, 0.2) is 0 Å². The van der Waals surface area contributed by atoms with Crippen molar-refractivity contribution in [2.75, 3.05) is 6.54 Å². The van der Waals surface area contributed by atoms with Crippen LogP contribution in [-0.4, -0.2) is 22.0 Å². The van der Waals surface area contributed by atoms with E-state index in [1.54, 1.807) is 6.20 Å². The fraction of sp³-hybridized carbons (Fsp3) is 0.571. The first-order chi connectivity index (χ1) is 5.53. The SMILES string of the molecule is CC(F)(CN)Cn1cc(Cl)cn1. The van der Waals surface area contributed by atoms with Gasteiger partial charge >= 0.3 is 0 Å². The molecule has 0 spiro atoms. The maximum atomic E-state index is 13.3. The summed E-state index contributed by atoms with van der Waals surface area (Å²) in [5.41, 5.74) is 3.79. The maximum absolute atomic E-state index is 13.3. The van der Waals surface area contributed by atoms with E-state index in [9.17, 15) is 4.39 Å². The molecule has 0 amide bonds. The fourth-order valence-electron chi connectivity index (χ4n) is 0.827. The minimum atomic E-state index is -1.42. The zero-order valence-corrected chi connectivity index (χ0v) is 7.55. The van der Waals surface area contributed by atoms with E-state index in [2.05, 4.69) is 5.10 Å². The van der Waals surface area contributed by atoms with Crippen molar-refractivity contribution in [3.8, 4) is 0 Å². The molecule has 0 bridgehead atoms. The highest BCUT2D eigenvalue weighted by Gasteiger charge is 2.21. The predicted molar refractivity (Wildman–Crippen MR) is 45.8 cm³/mol. The van der Waals surface area contributed by atoms with E-state index in [0.717, 1.165) is 0 Å². The van der Waals surface area contributed by atoms with Crippen molar-refractivity contribution < 1.29 is 4.39 Å². The third-order valence-electron chi connectivity index (χ3n) is 1.52. The van der Waals surface area contributed by atoms with Crippen LogP contribution in [0.4, 0.5) is 4.39 Å². The Kier molecular flexibility index (Phi) is 2.69. The second-order valence-corrected chi connectivity index (χ2v) is 3.41. The zero-order valence-electron chi connectivity index (χ0n) is 6.80. The third-order valence-corrected chi connectivity index (χ3v) is 1.71. The minimum Gasteiger partial charge on any atom is -0.327 e. The van der Waals surface area contributed by atoms with Crippen LogP contribution in [-0.2, 0) is 6.54 Å². The van der Waals surface area contributed by atoms with E-state index >= 15 is 0 Å². The number of nitrogens with zero attached hydrogens (tertiary/aromatic N) is 2. The summed E-state index contributed by atoms with van der Waals surface area (Å²) in [4.78, 5) is 0. The molecule has 12 heavy (non-hydrogen) atoms. The molecule has 5 heteroatoms. The summed E-state index contributed by atoms with van der Waals surface area (Å²) in [7, 11) is 0. The number of alkyl halides is 1. The van der Waals surface area contributed by atoms with Crippen molar-refractivity contribution in [3.05, 3.63) is 17.4 Å². The summed E-state index contributed by atoms with van der Waals surface area (Å²) < 4.78 is 14.7. The van der Waals surface area contributed by atoms with Gasteiger partial charge in [0.2, 0.25) is 0 Å². The molecule has 3 nitrogen and oxygen atoms in total. The van der Waals surface area contributed by atoms with E-state index in [4.69, 9.17) is 17.3 Å². The fourth-order valence-corrected chi connectivity index (χ4v) is 0.983. The molecular formula is C7H11ClFN3. The molecule has 68 valence electrons. The predicted octanol–water partition coefficient (Wildman–Crippen LogP) is 1.22. The Balaban J connectivity index is 2.63. The van der Waals surface area contributed by atoms with Crippen molar-refractivity contribution in [2.45, 2.75) is 19.1 Å². The molecule has 0 radical (unpaired) electrons. The molecule has 1 unspecified atom stereocenters. The summed E-state index contributed by atoms with van der Waals surface area (Å²) in [6.45, 7) is 1.54. The summed E-state index contributed by atoms with van der Waals surface area (Å²) >= 11 is 5.60. The monoisotopic (exact) mass is 191 g/mol. The topological polar surface area (TPSA) is 43.8 Å². The van der Waals surface area contributed by atoms with Crippen LogP contribution in [0.15, 0.2) is 12.4 Å². The van der Waals surface area contributed by atoms with Gasteiger partial charge in [-0.15, -0.1) is 0 Å². The van der Waals surface area contributed by atoms with Gasteiger partial charge in [-0.1, -0.05) is 11.6 Å². The molecule has 0 saturated carbocycles. The van der Waals surface area contributed by atoms with Crippen LogP contribution < -0.4 is 5.73 Å². The van der Waals surface area contributed by atoms with Gasteiger partial charge in [0.25, 0.3) is 0 Å². The van der Waals surface area contributed by atoms with Crippen LogP contribution in [0.25, 0.3) is 0 Å². The van der Waals surface area contributed by atoms with Crippen LogP contribution in [0.5, 0.6) is 0 Å². The summed E-state index contributed by atoms with van der Waals surface area (Å²) in [5.74, 6) is 0. The van der Waals surface area contributed by atoms with E-state index in [1.165, 1.54) is 17.8 Å². The van der Waals surface area contributed by atoms with Crippen LogP contribution in [0.2, 0.25) is 5.02 Å². The van der Waals surface area contributed by atoms with Gasteiger partial charge in [-0.25, -0.2) is 4.39 Å². The second kappa shape index (κ2) is 3.41. The Morgan fingerprint density at radius 1 is 1.83 bits per heavy atom. The number of nitrogens with two attached hydrogens (primary N) is 1. The molecule has 0 aliphatic rings. The normalized spacial score (nSPS) is 16.0. The van der Waals surface area contributed by atoms with Crippen molar-refractivity contribution in [1.82, 2.24) is 9.78 Å². The van der Waals surface area contributed by atoms with Crippen molar-refractivity contribution in [3.63, 3.8) is 0 Å². The lowest BCUT2D eigenvalue weighted by atomic mass is 10.1. The Hall–Kier alpha value is -0.610.